The van der Waals surface area contributed by atoms with Crippen LogP contribution in [0.2, 0.25) is 0 Å². The molecule has 1 aromatic carbocycles. The van der Waals surface area contributed by atoms with Crippen LogP contribution in [0.25, 0.3) is 0 Å². The van der Waals surface area contributed by atoms with Crippen molar-refractivity contribution in [1.82, 2.24) is 5.32 Å². The van der Waals surface area contributed by atoms with Crippen LogP contribution in [0.15, 0.2) is 41.1 Å². The number of hydrogen-bond donors (Lipinski definition) is 2. The topological polar surface area (TPSA) is 58.6 Å². The molecule has 2 N–H and O–H groups in total. The first-order chi connectivity index (χ1) is 11.6. The lowest BCUT2D eigenvalue weighted by Gasteiger charge is -2.15. The summed E-state index contributed by atoms with van der Waals surface area (Å²) in [6.45, 7) is 4.68. The molecule has 1 amide bonds. The first-order valence-electron chi connectivity index (χ1n) is 8.28. The number of amides is 1. The van der Waals surface area contributed by atoms with Gasteiger partial charge in [-0.15, -0.1) is 0 Å². The van der Waals surface area contributed by atoms with Gasteiger partial charge in [0.15, 0.2) is 0 Å². The molecule has 0 saturated heterocycles. The number of benzene rings is 1. The molecule has 130 valence electrons. The molecule has 1 aromatic heterocycles. The van der Waals surface area contributed by atoms with Gasteiger partial charge in [0.2, 0.25) is 0 Å². The van der Waals surface area contributed by atoms with Gasteiger partial charge in [0.05, 0.1) is 6.10 Å². The van der Waals surface area contributed by atoms with Crippen LogP contribution in [0.1, 0.15) is 48.5 Å². The molecule has 1 atom stereocenters. The Labute approximate surface area is 147 Å². The van der Waals surface area contributed by atoms with E-state index >= 15 is 0 Å². The standard InChI is InChI=1S/C19H25NO3S/c1-14(2)23-18-5-3-16(4-6-18)19(22)20-10-7-15(8-11-21)17-9-12-24-13-17/h3-6,9,12-15,21H,7-8,10-11H2,1-2H3,(H,20,22). The molecule has 0 saturated carbocycles. The number of hydrogen-bond acceptors (Lipinski definition) is 4. The fraction of sp³-hybridized carbons (Fsp3) is 0.421. The van der Waals surface area contributed by atoms with Gasteiger partial charge < -0.3 is 15.2 Å². The highest BCUT2D eigenvalue weighted by atomic mass is 32.1. The molecule has 1 unspecified atom stereocenters. The van der Waals surface area contributed by atoms with E-state index in [1.807, 2.05) is 31.4 Å². The van der Waals surface area contributed by atoms with Crippen LogP contribution in [-0.2, 0) is 0 Å². The van der Waals surface area contributed by atoms with E-state index in [0.717, 1.165) is 12.2 Å². The van der Waals surface area contributed by atoms with E-state index in [1.54, 1.807) is 23.5 Å². The maximum atomic E-state index is 12.2. The normalized spacial score (nSPS) is 12.2. The fourth-order valence-corrected chi connectivity index (χ4v) is 3.30. The van der Waals surface area contributed by atoms with Crippen LogP contribution in [0.4, 0.5) is 0 Å². The minimum Gasteiger partial charge on any atom is -0.491 e. The number of carbonyl (C=O) groups is 1. The lowest BCUT2D eigenvalue weighted by Crippen LogP contribution is -2.25. The number of ether oxygens (including phenoxy) is 1. The second-order valence-corrected chi connectivity index (χ2v) is 6.78. The van der Waals surface area contributed by atoms with E-state index in [-0.39, 0.29) is 24.5 Å². The molecule has 0 bridgehead atoms. The van der Waals surface area contributed by atoms with Crippen LogP contribution in [0.3, 0.4) is 0 Å². The monoisotopic (exact) mass is 347 g/mol. The van der Waals surface area contributed by atoms with Crippen molar-refractivity contribution in [2.24, 2.45) is 0 Å². The van der Waals surface area contributed by atoms with Gasteiger partial charge in [-0.25, -0.2) is 0 Å². The third-order valence-corrected chi connectivity index (χ3v) is 4.46. The molecular weight excluding hydrogens is 322 g/mol. The van der Waals surface area contributed by atoms with Crippen LogP contribution >= 0.6 is 11.3 Å². The Hall–Kier alpha value is -1.85. The van der Waals surface area contributed by atoms with Crippen LogP contribution in [0.5, 0.6) is 5.75 Å². The number of aliphatic hydroxyl groups excluding tert-OH is 1. The summed E-state index contributed by atoms with van der Waals surface area (Å²) in [5, 5.41) is 16.3. The van der Waals surface area contributed by atoms with E-state index in [9.17, 15) is 9.90 Å². The Morgan fingerprint density at radius 2 is 1.96 bits per heavy atom. The van der Waals surface area contributed by atoms with Gasteiger partial charge in [-0.2, -0.15) is 11.3 Å². The van der Waals surface area contributed by atoms with Crippen molar-refractivity contribution in [1.29, 1.82) is 0 Å². The van der Waals surface area contributed by atoms with Gasteiger partial charge >= 0.3 is 0 Å². The number of rotatable bonds is 9. The summed E-state index contributed by atoms with van der Waals surface area (Å²) >= 11 is 1.65. The van der Waals surface area contributed by atoms with Gasteiger partial charge in [-0.05, 0) is 79.3 Å². The van der Waals surface area contributed by atoms with Crippen molar-refractivity contribution in [2.45, 2.75) is 38.7 Å². The molecule has 24 heavy (non-hydrogen) atoms. The molecular formula is C19H25NO3S. The van der Waals surface area contributed by atoms with Gasteiger partial charge in [0.1, 0.15) is 5.75 Å². The highest BCUT2D eigenvalue weighted by Gasteiger charge is 2.12. The number of carbonyl (C=O) groups excluding carboxylic acids is 1. The maximum absolute atomic E-state index is 12.2. The van der Waals surface area contributed by atoms with Crippen LogP contribution in [0, 0.1) is 0 Å². The predicted octanol–water partition coefficient (Wildman–Crippen LogP) is 3.82. The van der Waals surface area contributed by atoms with Gasteiger partial charge in [-0.3, -0.25) is 4.79 Å². The number of aliphatic hydroxyl groups is 1. The van der Waals surface area contributed by atoms with Gasteiger partial charge in [-0.1, -0.05) is 0 Å². The average molecular weight is 347 g/mol. The molecule has 2 aromatic rings. The molecule has 0 aliphatic carbocycles. The molecule has 0 radical (unpaired) electrons. The quantitative estimate of drug-likeness (QED) is 0.725. The van der Waals surface area contributed by atoms with E-state index < -0.39 is 0 Å². The lowest BCUT2D eigenvalue weighted by atomic mass is 9.95. The molecule has 2 rings (SSSR count). The second-order valence-electron chi connectivity index (χ2n) is 6.00. The number of nitrogens with one attached hydrogen (secondary N) is 1. The summed E-state index contributed by atoms with van der Waals surface area (Å²) in [5.74, 6) is 0.963. The van der Waals surface area contributed by atoms with Crippen molar-refractivity contribution in [3.05, 3.63) is 52.2 Å². The largest absolute Gasteiger partial charge is 0.491 e. The molecule has 1 heterocycles. The fourth-order valence-electron chi connectivity index (χ4n) is 2.56. The summed E-state index contributed by atoms with van der Waals surface area (Å²) in [7, 11) is 0. The Bertz CT molecular complexity index is 608. The van der Waals surface area contributed by atoms with Crippen molar-refractivity contribution in [3.8, 4) is 5.75 Å². The minimum absolute atomic E-state index is 0.0841. The number of thiophene rings is 1. The summed E-state index contributed by atoms with van der Waals surface area (Å²) in [4.78, 5) is 12.2. The smallest absolute Gasteiger partial charge is 0.251 e. The summed E-state index contributed by atoms with van der Waals surface area (Å²) in [6, 6.07) is 9.26. The Balaban J connectivity index is 1.83. The third-order valence-electron chi connectivity index (χ3n) is 3.76. The molecule has 0 aliphatic rings. The zero-order chi connectivity index (χ0) is 17.4. The Morgan fingerprint density at radius 1 is 1.21 bits per heavy atom. The van der Waals surface area contributed by atoms with Crippen molar-refractivity contribution >= 4 is 17.2 Å². The Kier molecular flexibility index (Phi) is 7.28. The lowest BCUT2D eigenvalue weighted by molar-refractivity contribution is 0.0952. The summed E-state index contributed by atoms with van der Waals surface area (Å²) < 4.78 is 5.58. The maximum Gasteiger partial charge on any atom is 0.251 e. The van der Waals surface area contributed by atoms with E-state index in [0.29, 0.717) is 18.5 Å². The zero-order valence-corrected chi connectivity index (χ0v) is 15.0. The Morgan fingerprint density at radius 3 is 2.54 bits per heavy atom. The van der Waals surface area contributed by atoms with E-state index in [2.05, 4.69) is 16.8 Å². The predicted molar refractivity (Wildman–Crippen MR) is 97.9 cm³/mol. The molecule has 4 nitrogen and oxygen atoms in total. The average Bonchev–Trinajstić information content (AvgIpc) is 3.08. The molecule has 0 fully saturated rings. The van der Waals surface area contributed by atoms with Crippen molar-refractivity contribution < 1.29 is 14.6 Å². The van der Waals surface area contributed by atoms with Crippen molar-refractivity contribution in [2.75, 3.05) is 13.2 Å². The van der Waals surface area contributed by atoms with E-state index in [1.165, 1.54) is 5.56 Å². The van der Waals surface area contributed by atoms with Gasteiger partial charge in [0.25, 0.3) is 5.91 Å². The summed E-state index contributed by atoms with van der Waals surface area (Å²) in [6.07, 6.45) is 1.65. The first-order valence-corrected chi connectivity index (χ1v) is 9.22. The third kappa shape index (κ3) is 5.65. The van der Waals surface area contributed by atoms with Crippen molar-refractivity contribution in [3.63, 3.8) is 0 Å². The first kappa shape index (κ1) is 18.5. The van der Waals surface area contributed by atoms with Crippen LogP contribution < -0.4 is 10.1 Å². The highest BCUT2D eigenvalue weighted by molar-refractivity contribution is 7.07. The minimum atomic E-state index is -0.0841. The van der Waals surface area contributed by atoms with Crippen LogP contribution in [-0.4, -0.2) is 30.3 Å². The zero-order valence-electron chi connectivity index (χ0n) is 14.2. The van der Waals surface area contributed by atoms with E-state index in [4.69, 9.17) is 4.74 Å². The highest BCUT2D eigenvalue weighted by Crippen LogP contribution is 2.24. The molecule has 0 aliphatic heterocycles. The molecule has 5 heteroatoms. The second kappa shape index (κ2) is 9.45. The SMILES string of the molecule is CC(C)Oc1ccc(C(=O)NCCC(CCO)c2ccsc2)cc1. The molecule has 0 spiro atoms. The summed E-state index contributed by atoms with van der Waals surface area (Å²) in [5.41, 5.74) is 1.86. The van der Waals surface area contributed by atoms with Gasteiger partial charge in [0, 0.05) is 18.7 Å².